The number of aromatic amines is 1. The van der Waals surface area contributed by atoms with E-state index in [-0.39, 0.29) is 17.7 Å². The van der Waals surface area contributed by atoms with Crippen molar-refractivity contribution in [3.05, 3.63) is 30.0 Å². The first-order valence-electron chi connectivity index (χ1n) is 6.52. The number of anilines is 1. The number of hydrogen-bond donors (Lipinski definition) is 3. The minimum absolute atomic E-state index is 0.121. The monoisotopic (exact) mass is 272 g/mol. The number of aromatic nitrogens is 1. The number of nitrogen functional groups attached to an aromatic ring is 1. The molecule has 5 N–H and O–H groups in total. The van der Waals surface area contributed by atoms with Crippen molar-refractivity contribution in [2.24, 2.45) is 11.7 Å². The summed E-state index contributed by atoms with van der Waals surface area (Å²) in [5.41, 5.74) is 13.0. The third-order valence-electron chi connectivity index (χ3n) is 3.80. The van der Waals surface area contributed by atoms with Crippen molar-refractivity contribution in [1.29, 1.82) is 0 Å². The predicted octanol–water partition coefficient (Wildman–Crippen LogP) is 0.697. The van der Waals surface area contributed by atoms with Crippen LogP contribution in [0, 0.1) is 5.92 Å². The van der Waals surface area contributed by atoms with Gasteiger partial charge in [0.2, 0.25) is 5.91 Å². The zero-order chi connectivity index (χ0) is 14.3. The first kappa shape index (κ1) is 12.5. The van der Waals surface area contributed by atoms with Crippen molar-refractivity contribution in [2.75, 3.05) is 18.8 Å². The summed E-state index contributed by atoms with van der Waals surface area (Å²) >= 11 is 0. The predicted molar refractivity (Wildman–Crippen MR) is 75.9 cm³/mol. The lowest BCUT2D eigenvalue weighted by Gasteiger charge is -2.14. The molecule has 20 heavy (non-hydrogen) atoms. The van der Waals surface area contributed by atoms with Gasteiger partial charge in [-0.2, -0.15) is 0 Å². The van der Waals surface area contributed by atoms with Gasteiger partial charge in [0.15, 0.2) is 0 Å². The number of H-pyrrole nitrogens is 1. The Hall–Kier alpha value is -2.50. The van der Waals surface area contributed by atoms with Gasteiger partial charge in [0.05, 0.1) is 17.1 Å². The van der Waals surface area contributed by atoms with E-state index in [0.29, 0.717) is 30.9 Å². The molecule has 1 aromatic heterocycles. The van der Waals surface area contributed by atoms with Crippen molar-refractivity contribution < 1.29 is 9.59 Å². The number of nitrogens with zero attached hydrogens (tertiary/aromatic N) is 1. The molecule has 1 fully saturated rings. The molecule has 1 saturated heterocycles. The summed E-state index contributed by atoms with van der Waals surface area (Å²) in [6.07, 6.45) is 0.628. The lowest BCUT2D eigenvalue weighted by atomic mass is 10.1. The summed E-state index contributed by atoms with van der Waals surface area (Å²) in [4.78, 5) is 28.3. The number of carbonyl (C=O) groups is 2. The Kier molecular flexibility index (Phi) is 2.85. The number of carbonyl (C=O) groups excluding carboxylic acids is 2. The molecule has 2 heterocycles. The van der Waals surface area contributed by atoms with Gasteiger partial charge in [0, 0.05) is 18.5 Å². The number of amides is 2. The van der Waals surface area contributed by atoms with Gasteiger partial charge < -0.3 is 21.4 Å². The van der Waals surface area contributed by atoms with E-state index in [1.165, 1.54) is 0 Å². The van der Waals surface area contributed by atoms with Crippen molar-refractivity contribution >= 4 is 28.4 Å². The lowest BCUT2D eigenvalue weighted by molar-refractivity contribution is -0.121. The largest absolute Gasteiger partial charge is 0.397 e. The van der Waals surface area contributed by atoms with Gasteiger partial charge in [-0.25, -0.2) is 0 Å². The van der Waals surface area contributed by atoms with Gasteiger partial charge in [-0.05, 0) is 18.6 Å². The highest BCUT2D eigenvalue weighted by atomic mass is 16.2. The van der Waals surface area contributed by atoms with Gasteiger partial charge in [-0.1, -0.05) is 12.1 Å². The summed E-state index contributed by atoms with van der Waals surface area (Å²) < 4.78 is 0. The van der Waals surface area contributed by atoms with E-state index in [2.05, 4.69) is 4.98 Å². The molecule has 104 valence electrons. The van der Waals surface area contributed by atoms with Gasteiger partial charge in [-0.3, -0.25) is 9.59 Å². The quantitative estimate of drug-likeness (QED) is 0.700. The van der Waals surface area contributed by atoms with Crippen molar-refractivity contribution in [3.63, 3.8) is 0 Å². The standard InChI is InChI=1S/C14H16N4O2/c15-10-3-1-2-8-6-11(17-12(8)10)14(20)18-5-4-9(7-18)13(16)19/h1-3,6,9,17H,4-5,7,15H2,(H2,16,19). The van der Waals surface area contributed by atoms with E-state index in [0.717, 1.165) is 10.9 Å². The Labute approximate surface area is 115 Å². The maximum absolute atomic E-state index is 12.4. The highest BCUT2D eigenvalue weighted by Gasteiger charge is 2.30. The Morgan fingerprint density at radius 3 is 2.80 bits per heavy atom. The number of rotatable bonds is 2. The lowest BCUT2D eigenvalue weighted by Crippen LogP contribution is -2.31. The van der Waals surface area contributed by atoms with E-state index < -0.39 is 0 Å². The van der Waals surface area contributed by atoms with E-state index >= 15 is 0 Å². The van der Waals surface area contributed by atoms with Crippen LogP contribution in [0.5, 0.6) is 0 Å². The molecule has 3 rings (SSSR count). The summed E-state index contributed by atoms with van der Waals surface area (Å²) in [6, 6.07) is 7.31. The molecule has 6 nitrogen and oxygen atoms in total. The fourth-order valence-corrected chi connectivity index (χ4v) is 2.64. The minimum Gasteiger partial charge on any atom is -0.397 e. The first-order valence-corrected chi connectivity index (χ1v) is 6.52. The first-order chi connectivity index (χ1) is 9.56. The van der Waals surface area contributed by atoms with Crippen LogP contribution in [0.25, 0.3) is 10.9 Å². The average Bonchev–Trinajstić information content (AvgIpc) is 3.05. The molecule has 6 heteroatoms. The minimum atomic E-state index is -0.346. The third-order valence-corrected chi connectivity index (χ3v) is 3.80. The van der Waals surface area contributed by atoms with Crippen molar-refractivity contribution in [3.8, 4) is 0 Å². The Bertz CT molecular complexity index is 692. The second-order valence-electron chi connectivity index (χ2n) is 5.13. The Morgan fingerprint density at radius 2 is 2.15 bits per heavy atom. The maximum atomic E-state index is 12.4. The SMILES string of the molecule is NC(=O)C1CCN(C(=O)c2cc3cccc(N)c3[nH]2)C1. The topological polar surface area (TPSA) is 105 Å². The van der Waals surface area contributed by atoms with Gasteiger partial charge in [0.25, 0.3) is 5.91 Å². The number of nitrogens with two attached hydrogens (primary N) is 2. The summed E-state index contributed by atoms with van der Waals surface area (Å²) in [6.45, 7) is 0.941. The van der Waals surface area contributed by atoms with Crippen LogP contribution >= 0.6 is 0 Å². The number of fused-ring (bicyclic) bond motifs is 1. The van der Waals surface area contributed by atoms with Crippen molar-refractivity contribution in [1.82, 2.24) is 9.88 Å². The van der Waals surface area contributed by atoms with Crippen LogP contribution in [0.1, 0.15) is 16.9 Å². The number of likely N-dealkylation sites (tertiary alicyclic amines) is 1. The number of primary amides is 1. The second-order valence-corrected chi connectivity index (χ2v) is 5.13. The average molecular weight is 272 g/mol. The van der Waals surface area contributed by atoms with E-state index in [4.69, 9.17) is 11.5 Å². The van der Waals surface area contributed by atoms with Gasteiger partial charge >= 0.3 is 0 Å². The second kappa shape index (κ2) is 4.56. The molecule has 0 aliphatic carbocycles. The molecule has 2 amide bonds. The molecular formula is C14H16N4O2. The van der Waals surface area contributed by atoms with Crippen LogP contribution in [-0.4, -0.2) is 34.8 Å². The Balaban J connectivity index is 1.86. The molecule has 0 bridgehead atoms. The van der Waals surface area contributed by atoms with Crippen LogP contribution in [-0.2, 0) is 4.79 Å². The normalized spacial score (nSPS) is 18.6. The molecule has 0 radical (unpaired) electrons. The van der Waals surface area contributed by atoms with E-state index in [1.807, 2.05) is 12.1 Å². The highest BCUT2D eigenvalue weighted by Crippen LogP contribution is 2.23. The molecule has 0 saturated carbocycles. The summed E-state index contributed by atoms with van der Waals surface area (Å²) in [5.74, 6) is -0.709. The summed E-state index contributed by atoms with van der Waals surface area (Å²) in [5, 5.41) is 0.902. The molecular weight excluding hydrogens is 256 g/mol. The number of hydrogen-bond acceptors (Lipinski definition) is 3. The fraction of sp³-hybridized carbons (Fsp3) is 0.286. The molecule has 1 aliphatic rings. The summed E-state index contributed by atoms with van der Waals surface area (Å²) in [7, 11) is 0. The van der Waals surface area contributed by atoms with Crippen LogP contribution < -0.4 is 11.5 Å². The van der Waals surface area contributed by atoms with Gasteiger partial charge in [-0.15, -0.1) is 0 Å². The number of para-hydroxylation sites is 1. The molecule has 2 aromatic rings. The van der Waals surface area contributed by atoms with Crippen LogP contribution in [0.15, 0.2) is 24.3 Å². The smallest absolute Gasteiger partial charge is 0.270 e. The Morgan fingerprint density at radius 1 is 1.35 bits per heavy atom. The highest BCUT2D eigenvalue weighted by molar-refractivity contribution is 6.01. The van der Waals surface area contributed by atoms with Gasteiger partial charge in [0.1, 0.15) is 5.69 Å². The number of nitrogens with one attached hydrogen (secondary N) is 1. The molecule has 1 aromatic carbocycles. The zero-order valence-corrected chi connectivity index (χ0v) is 10.9. The van der Waals surface area contributed by atoms with E-state index in [9.17, 15) is 9.59 Å². The molecule has 1 atom stereocenters. The zero-order valence-electron chi connectivity index (χ0n) is 10.9. The maximum Gasteiger partial charge on any atom is 0.270 e. The third kappa shape index (κ3) is 1.99. The van der Waals surface area contributed by atoms with Crippen LogP contribution in [0.3, 0.4) is 0 Å². The molecule has 1 aliphatic heterocycles. The number of benzene rings is 1. The fourth-order valence-electron chi connectivity index (χ4n) is 2.64. The molecule has 1 unspecified atom stereocenters. The van der Waals surface area contributed by atoms with Crippen LogP contribution in [0.2, 0.25) is 0 Å². The van der Waals surface area contributed by atoms with Crippen LogP contribution in [0.4, 0.5) is 5.69 Å². The van der Waals surface area contributed by atoms with E-state index in [1.54, 1.807) is 17.0 Å². The van der Waals surface area contributed by atoms with Crippen molar-refractivity contribution in [2.45, 2.75) is 6.42 Å². The molecule has 0 spiro atoms.